The minimum Gasteiger partial charge on any atom is -0.380 e. The van der Waals surface area contributed by atoms with Crippen molar-refractivity contribution in [3.63, 3.8) is 0 Å². The lowest BCUT2D eigenvalue weighted by molar-refractivity contribution is -0.132. The Morgan fingerprint density at radius 1 is 1.62 bits per heavy atom. The summed E-state index contributed by atoms with van der Waals surface area (Å²) >= 11 is 0. The topological polar surface area (TPSA) is 58.8 Å². The van der Waals surface area contributed by atoms with Gasteiger partial charge in [0.1, 0.15) is 0 Å². The van der Waals surface area contributed by atoms with Crippen LogP contribution in [0, 0.1) is 0 Å². The van der Waals surface area contributed by atoms with E-state index in [2.05, 4.69) is 19.0 Å². The van der Waals surface area contributed by atoms with Gasteiger partial charge in [-0.25, -0.2) is 0 Å². The Kier molecular flexibility index (Phi) is 5.18. The van der Waals surface area contributed by atoms with E-state index < -0.39 is 0 Å². The fourth-order valence-electron chi connectivity index (χ4n) is 1.98. The van der Waals surface area contributed by atoms with Gasteiger partial charge >= 0.3 is 0 Å². The van der Waals surface area contributed by atoms with Crippen LogP contribution >= 0.6 is 0 Å². The number of hydrogen-bond acceptors (Lipinski definition) is 4. The van der Waals surface area contributed by atoms with Crippen LogP contribution in [0.15, 0.2) is 0 Å². The Morgan fingerprint density at radius 2 is 2.31 bits per heavy atom. The summed E-state index contributed by atoms with van der Waals surface area (Å²) in [5, 5.41) is 0. The number of likely N-dealkylation sites (N-methyl/N-ethyl adjacent to an activating group) is 1. The second kappa shape index (κ2) is 6.18. The van der Waals surface area contributed by atoms with E-state index in [4.69, 9.17) is 10.5 Å². The van der Waals surface area contributed by atoms with E-state index in [0.29, 0.717) is 19.0 Å². The third-order valence-electron chi connectivity index (χ3n) is 3.24. The van der Waals surface area contributed by atoms with Crippen molar-refractivity contribution in [1.82, 2.24) is 9.80 Å². The molecule has 0 aromatic carbocycles. The van der Waals surface area contributed by atoms with Crippen molar-refractivity contribution in [3.8, 4) is 0 Å². The highest BCUT2D eigenvalue weighted by molar-refractivity contribution is 5.77. The lowest BCUT2D eigenvalue weighted by Gasteiger charge is -2.22. The fourth-order valence-corrected chi connectivity index (χ4v) is 1.98. The maximum absolute atomic E-state index is 11.9. The number of likely N-dealkylation sites (tertiary alicyclic amines) is 1. The van der Waals surface area contributed by atoms with Gasteiger partial charge in [-0.2, -0.15) is 0 Å². The number of ether oxygens (including phenoxy) is 1. The summed E-state index contributed by atoms with van der Waals surface area (Å²) in [5.41, 5.74) is 5.50. The summed E-state index contributed by atoms with van der Waals surface area (Å²) in [7, 11) is 5.70. The van der Waals surface area contributed by atoms with Crippen LogP contribution in [-0.4, -0.2) is 68.7 Å². The molecule has 1 amide bonds. The van der Waals surface area contributed by atoms with Crippen molar-refractivity contribution in [2.24, 2.45) is 5.73 Å². The third kappa shape index (κ3) is 3.43. The van der Waals surface area contributed by atoms with Crippen LogP contribution in [-0.2, 0) is 9.53 Å². The first-order chi connectivity index (χ1) is 7.58. The van der Waals surface area contributed by atoms with E-state index in [0.717, 1.165) is 19.5 Å². The summed E-state index contributed by atoms with van der Waals surface area (Å²) in [5.74, 6) is 0.154. The lowest BCUT2D eigenvalue weighted by atomic mass is 10.2. The van der Waals surface area contributed by atoms with Gasteiger partial charge in [-0.3, -0.25) is 4.79 Å². The van der Waals surface area contributed by atoms with Crippen LogP contribution < -0.4 is 5.73 Å². The molecule has 2 unspecified atom stereocenters. The highest BCUT2D eigenvalue weighted by Gasteiger charge is 2.28. The molecule has 0 aromatic rings. The van der Waals surface area contributed by atoms with Crippen molar-refractivity contribution in [3.05, 3.63) is 0 Å². The van der Waals surface area contributed by atoms with Gasteiger partial charge < -0.3 is 20.3 Å². The SMILES string of the molecule is COC(CN)CC(=O)N1CCC(N(C)C)C1. The zero-order valence-corrected chi connectivity index (χ0v) is 10.5. The second-order valence-electron chi connectivity index (χ2n) is 4.54. The maximum Gasteiger partial charge on any atom is 0.225 e. The molecule has 0 bridgehead atoms. The van der Waals surface area contributed by atoms with E-state index in [1.807, 2.05) is 4.90 Å². The van der Waals surface area contributed by atoms with E-state index in [-0.39, 0.29) is 12.0 Å². The molecule has 0 spiro atoms. The molecule has 16 heavy (non-hydrogen) atoms. The summed E-state index contributed by atoms with van der Waals surface area (Å²) in [6, 6.07) is 0.489. The lowest BCUT2D eigenvalue weighted by Crippen LogP contribution is -2.37. The molecule has 2 N–H and O–H groups in total. The molecule has 94 valence electrons. The van der Waals surface area contributed by atoms with Crippen LogP contribution in [0.4, 0.5) is 0 Å². The van der Waals surface area contributed by atoms with Gasteiger partial charge in [0.2, 0.25) is 5.91 Å². The number of nitrogens with two attached hydrogens (primary N) is 1. The quantitative estimate of drug-likeness (QED) is 0.691. The number of carbonyl (C=O) groups is 1. The molecule has 1 rings (SSSR count). The van der Waals surface area contributed by atoms with Gasteiger partial charge in [-0.1, -0.05) is 0 Å². The molecular weight excluding hydrogens is 206 g/mol. The normalized spacial score (nSPS) is 22.8. The summed E-state index contributed by atoms with van der Waals surface area (Å²) in [6.45, 7) is 2.07. The molecule has 5 nitrogen and oxygen atoms in total. The summed E-state index contributed by atoms with van der Waals surface area (Å²) in [4.78, 5) is 16.0. The van der Waals surface area contributed by atoms with Crippen molar-refractivity contribution < 1.29 is 9.53 Å². The van der Waals surface area contributed by atoms with Crippen molar-refractivity contribution in [1.29, 1.82) is 0 Å². The number of hydrogen-bond donors (Lipinski definition) is 1. The number of amides is 1. The van der Waals surface area contributed by atoms with Gasteiger partial charge in [0.25, 0.3) is 0 Å². The first-order valence-electron chi connectivity index (χ1n) is 5.75. The largest absolute Gasteiger partial charge is 0.380 e. The van der Waals surface area contributed by atoms with Crippen LogP contribution in [0.1, 0.15) is 12.8 Å². The molecule has 1 aliphatic rings. The molecule has 5 heteroatoms. The van der Waals surface area contributed by atoms with Crippen molar-refractivity contribution >= 4 is 5.91 Å². The zero-order chi connectivity index (χ0) is 12.1. The van der Waals surface area contributed by atoms with Gasteiger partial charge in [0, 0.05) is 32.8 Å². The van der Waals surface area contributed by atoms with Crippen molar-refractivity contribution in [2.75, 3.05) is 40.8 Å². The standard InChI is InChI=1S/C11H23N3O2/c1-13(2)9-4-5-14(8-9)11(15)6-10(7-12)16-3/h9-10H,4-8,12H2,1-3H3. The van der Waals surface area contributed by atoms with E-state index in [1.54, 1.807) is 7.11 Å². The molecule has 0 aliphatic carbocycles. The minimum absolute atomic E-state index is 0.147. The Hall–Kier alpha value is -0.650. The molecule has 2 atom stereocenters. The van der Waals surface area contributed by atoms with Gasteiger partial charge in [0.15, 0.2) is 0 Å². The maximum atomic E-state index is 11.9. The minimum atomic E-state index is -0.147. The van der Waals surface area contributed by atoms with E-state index in [9.17, 15) is 4.79 Å². The Balaban J connectivity index is 2.39. The highest BCUT2D eigenvalue weighted by atomic mass is 16.5. The Bertz CT molecular complexity index is 229. The van der Waals surface area contributed by atoms with Crippen LogP contribution in [0.5, 0.6) is 0 Å². The van der Waals surface area contributed by atoms with Crippen LogP contribution in [0.2, 0.25) is 0 Å². The average molecular weight is 229 g/mol. The van der Waals surface area contributed by atoms with Crippen LogP contribution in [0.3, 0.4) is 0 Å². The Morgan fingerprint density at radius 3 is 2.75 bits per heavy atom. The second-order valence-corrected chi connectivity index (χ2v) is 4.54. The van der Waals surface area contributed by atoms with Gasteiger partial charge in [0.05, 0.1) is 12.5 Å². The molecule has 1 heterocycles. The summed E-state index contributed by atoms with van der Waals surface area (Å²) in [6.07, 6.45) is 1.30. The van der Waals surface area contributed by atoms with Gasteiger partial charge in [-0.15, -0.1) is 0 Å². The van der Waals surface area contributed by atoms with Crippen LogP contribution in [0.25, 0.3) is 0 Å². The predicted octanol–water partition coefficient (Wildman–Crippen LogP) is -0.487. The molecule has 0 radical (unpaired) electrons. The average Bonchev–Trinajstić information content (AvgIpc) is 2.74. The smallest absolute Gasteiger partial charge is 0.225 e. The number of nitrogens with zero attached hydrogens (tertiary/aromatic N) is 2. The first kappa shape index (κ1) is 13.4. The number of methoxy groups -OCH3 is 1. The predicted molar refractivity (Wildman–Crippen MR) is 63.1 cm³/mol. The highest BCUT2D eigenvalue weighted by Crippen LogP contribution is 2.14. The Labute approximate surface area is 97.5 Å². The van der Waals surface area contributed by atoms with E-state index >= 15 is 0 Å². The van der Waals surface area contributed by atoms with Gasteiger partial charge in [-0.05, 0) is 20.5 Å². The van der Waals surface area contributed by atoms with E-state index in [1.165, 1.54) is 0 Å². The summed E-state index contributed by atoms with van der Waals surface area (Å²) < 4.78 is 5.12. The fraction of sp³-hybridized carbons (Fsp3) is 0.909. The molecule has 1 aliphatic heterocycles. The molecule has 1 saturated heterocycles. The molecule has 0 aromatic heterocycles. The van der Waals surface area contributed by atoms with Crippen molar-refractivity contribution in [2.45, 2.75) is 25.0 Å². The number of rotatable bonds is 5. The molecule has 0 saturated carbocycles. The molecule has 1 fully saturated rings. The third-order valence-corrected chi connectivity index (χ3v) is 3.24. The first-order valence-corrected chi connectivity index (χ1v) is 5.75. The monoisotopic (exact) mass is 229 g/mol. The number of carbonyl (C=O) groups excluding carboxylic acids is 1. The zero-order valence-electron chi connectivity index (χ0n) is 10.5. The molecular formula is C11H23N3O2.